The number of nitrogens with one attached hydrogen (secondary N) is 1. The molecule has 0 amide bonds. The lowest BCUT2D eigenvalue weighted by atomic mass is 9.85. The van der Waals surface area contributed by atoms with Crippen LogP contribution in [0.4, 0.5) is 0 Å². The molecule has 2 atom stereocenters. The van der Waals surface area contributed by atoms with Gasteiger partial charge in [-0.2, -0.15) is 0 Å². The second-order valence-corrected chi connectivity index (χ2v) is 5.25. The average molecular weight is 249 g/mol. The van der Waals surface area contributed by atoms with E-state index < -0.39 is 0 Å². The van der Waals surface area contributed by atoms with Gasteiger partial charge in [0.05, 0.1) is 7.11 Å². The minimum atomic E-state index is -0.0816. The van der Waals surface area contributed by atoms with Crippen molar-refractivity contribution in [3.8, 4) is 11.5 Å². The number of benzene rings is 1. The minimum Gasteiger partial charge on any atom is -0.497 e. The van der Waals surface area contributed by atoms with Crippen LogP contribution in [0, 0.1) is 0 Å². The number of hydrogen-bond acceptors (Lipinski definition) is 3. The summed E-state index contributed by atoms with van der Waals surface area (Å²) in [6.45, 7) is 4.40. The van der Waals surface area contributed by atoms with Crippen molar-refractivity contribution in [3.05, 3.63) is 23.8 Å². The summed E-state index contributed by atoms with van der Waals surface area (Å²) in [5.41, 5.74) is 1.15. The Labute approximate surface area is 109 Å². The van der Waals surface area contributed by atoms with Gasteiger partial charge in [0.1, 0.15) is 17.1 Å². The van der Waals surface area contributed by atoms with Gasteiger partial charge in [-0.1, -0.05) is 19.4 Å². The molecule has 1 aromatic carbocycles. The Morgan fingerprint density at radius 1 is 1.50 bits per heavy atom. The van der Waals surface area contributed by atoms with Gasteiger partial charge in [-0.25, -0.2) is 0 Å². The fraction of sp³-hybridized carbons (Fsp3) is 0.600. The largest absolute Gasteiger partial charge is 0.497 e. The van der Waals surface area contributed by atoms with Crippen LogP contribution in [-0.2, 0) is 0 Å². The standard InChI is InChI=1S/C15H23NO2/c1-5-8-15(2)10-13(16-3)12-7-6-11(17-4)9-14(12)18-15/h6-7,9,13,16H,5,8,10H2,1-4H3. The molecule has 0 saturated carbocycles. The summed E-state index contributed by atoms with van der Waals surface area (Å²) in [6, 6.07) is 6.44. The maximum absolute atomic E-state index is 6.21. The van der Waals surface area contributed by atoms with Crippen LogP contribution in [0.1, 0.15) is 44.7 Å². The van der Waals surface area contributed by atoms with Gasteiger partial charge >= 0.3 is 0 Å². The van der Waals surface area contributed by atoms with E-state index in [0.29, 0.717) is 6.04 Å². The van der Waals surface area contributed by atoms with Crippen molar-refractivity contribution in [2.24, 2.45) is 0 Å². The molecule has 0 bridgehead atoms. The average Bonchev–Trinajstić information content (AvgIpc) is 2.36. The number of ether oxygens (including phenoxy) is 2. The zero-order valence-corrected chi connectivity index (χ0v) is 11.7. The molecule has 1 heterocycles. The van der Waals surface area contributed by atoms with Gasteiger partial charge in [0, 0.05) is 24.1 Å². The number of methoxy groups -OCH3 is 1. The normalized spacial score (nSPS) is 26.3. The minimum absolute atomic E-state index is 0.0816. The first-order chi connectivity index (χ1) is 8.61. The first kappa shape index (κ1) is 13.2. The van der Waals surface area contributed by atoms with Crippen LogP contribution in [0.2, 0.25) is 0 Å². The second-order valence-electron chi connectivity index (χ2n) is 5.25. The molecule has 3 heteroatoms. The zero-order valence-electron chi connectivity index (χ0n) is 11.7. The third-order valence-corrected chi connectivity index (χ3v) is 3.72. The van der Waals surface area contributed by atoms with Crippen LogP contribution in [0.3, 0.4) is 0 Å². The Morgan fingerprint density at radius 2 is 2.28 bits per heavy atom. The van der Waals surface area contributed by atoms with Gasteiger partial charge in [0.25, 0.3) is 0 Å². The third kappa shape index (κ3) is 2.46. The van der Waals surface area contributed by atoms with Crippen molar-refractivity contribution in [1.82, 2.24) is 5.32 Å². The molecule has 0 aliphatic carbocycles. The van der Waals surface area contributed by atoms with Crippen molar-refractivity contribution in [3.63, 3.8) is 0 Å². The van der Waals surface area contributed by atoms with Gasteiger partial charge in [0.2, 0.25) is 0 Å². The summed E-state index contributed by atoms with van der Waals surface area (Å²) >= 11 is 0. The van der Waals surface area contributed by atoms with Crippen molar-refractivity contribution in [2.75, 3.05) is 14.2 Å². The van der Waals surface area contributed by atoms with Crippen LogP contribution < -0.4 is 14.8 Å². The molecule has 100 valence electrons. The van der Waals surface area contributed by atoms with Gasteiger partial charge in [-0.05, 0) is 26.5 Å². The fourth-order valence-corrected chi connectivity index (χ4v) is 2.81. The van der Waals surface area contributed by atoms with E-state index in [0.717, 1.165) is 30.8 Å². The molecule has 1 aliphatic rings. The Bertz CT molecular complexity index is 419. The lowest BCUT2D eigenvalue weighted by Crippen LogP contribution is -2.41. The molecule has 18 heavy (non-hydrogen) atoms. The van der Waals surface area contributed by atoms with E-state index in [2.05, 4.69) is 25.2 Å². The van der Waals surface area contributed by atoms with E-state index in [9.17, 15) is 0 Å². The molecule has 3 nitrogen and oxygen atoms in total. The summed E-state index contributed by atoms with van der Waals surface area (Å²) < 4.78 is 11.5. The lowest BCUT2D eigenvalue weighted by molar-refractivity contribution is 0.0400. The molecular formula is C15H23NO2. The topological polar surface area (TPSA) is 30.5 Å². The van der Waals surface area contributed by atoms with Gasteiger partial charge < -0.3 is 14.8 Å². The van der Waals surface area contributed by atoms with Crippen molar-refractivity contribution >= 4 is 0 Å². The predicted octanol–water partition coefficient (Wildman–Crippen LogP) is 3.30. The summed E-state index contributed by atoms with van der Waals surface area (Å²) in [5.74, 6) is 1.81. The van der Waals surface area contributed by atoms with E-state index in [1.165, 1.54) is 5.56 Å². The zero-order chi connectivity index (χ0) is 13.2. The highest BCUT2D eigenvalue weighted by Gasteiger charge is 2.36. The molecule has 0 spiro atoms. The maximum Gasteiger partial charge on any atom is 0.128 e. The van der Waals surface area contributed by atoms with Crippen molar-refractivity contribution < 1.29 is 9.47 Å². The van der Waals surface area contributed by atoms with Crippen LogP contribution >= 0.6 is 0 Å². The molecule has 0 aromatic heterocycles. The van der Waals surface area contributed by atoms with E-state index in [1.807, 2.05) is 19.2 Å². The summed E-state index contributed by atoms with van der Waals surface area (Å²) in [5, 5.41) is 3.39. The predicted molar refractivity (Wildman–Crippen MR) is 73.4 cm³/mol. The highest BCUT2D eigenvalue weighted by molar-refractivity contribution is 5.44. The number of hydrogen-bond donors (Lipinski definition) is 1. The Balaban J connectivity index is 2.36. The monoisotopic (exact) mass is 249 g/mol. The number of rotatable bonds is 4. The van der Waals surface area contributed by atoms with Crippen molar-refractivity contribution in [1.29, 1.82) is 0 Å². The molecule has 0 radical (unpaired) electrons. The molecule has 1 N–H and O–H groups in total. The summed E-state index contributed by atoms with van der Waals surface area (Å²) in [7, 11) is 3.70. The molecule has 1 aromatic rings. The Kier molecular flexibility index (Phi) is 3.81. The van der Waals surface area contributed by atoms with Gasteiger partial charge in [0.15, 0.2) is 0 Å². The van der Waals surface area contributed by atoms with Crippen LogP contribution in [-0.4, -0.2) is 19.8 Å². The van der Waals surface area contributed by atoms with E-state index in [-0.39, 0.29) is 5.60 Å². The molecule has 2 unspecified atom stereocenters. The van der Waals surface area contributed by atoms with Crippen LogP contribution in [0.25, 0.3) is 0 Å². The lowest BCUT2D eigenvalue weighted by Gasteiger charge is -2.40. The summed E-state index contributed by atoms with van der Waals surface area (Å²) in [4.78, 5) is 0. The smallest absolute Gasteiger partial charge is 0.128 e. The number of fused-ring (bicyclic) bond motifs is 1. The Hall–Kier alpha value is -1.22. The highest BCUT2D eigenvalue weighted by atomic mass is 16.5. The fourth-order valence-electron chi connectivity index (χ4n) is 2.81. The van der Waals surface area contributed by atoms with E-state index in [4.69, 9.17) is 9.47 Å². The molecule has 0 saturated heterocycles. The third-order valence-electron chi connectivity index (χ3n) is 3.72. The van der Waals surface area contributed by atoms with Crippen LogP contribution in [0.5, 0.6) is 11.5 Å². The molecule has 0 fully saturated rings. The van der Waals surface area contributed by atoms with Gasteiger partial charge in [-0.3, -0.25) is 0 Å². The summed E-state index contributed by atoms with van der Waals surface area (Å²) in [6.07, 6.45) is 3.21. The van der Waals surface area contributed by atoms with E-state index >= 15 is 0 Å². The Morgan fingerprint density at radius 3 is 2.89 bits per heavy atom. The van der Waals surface area contributed by atoms with Crippen molar-refractivity contribution in [2.45, 2.75) is 44.8 Å². The molecular weight excluding hydrogens is 226 g/mol. The quantitative estimate of drug-likeness (QED) is 0.888. The first-order valence-electron chi connectivity index (χ1n) is 6.66. The van der Waals surface area contributed by atoms with Gasteiger partial charge in [-0.15, -0.1) is 0 Å². The first-order valence-corrected chi connectivity index (χ1v) is 6.66. The second kappa shape index (κ2) is 5.19. The SMILES string of the molecule is CCCC1(C)CC(NC)c2ccc(OC)cc2O1. The maximum atomic E-state index is 6.21. The molecule has 2 rings (SSSR count). The van der Waals surface area contributed by atoms with E-state index in [1.54, 1.807) is 7.11 Å². The highest BCUT2D eigenvalue weighted by Crippen LogP contribution is 2.42. The van der Waals surface area contributed by atoms with Crippen LogP contribution in [0.15, 0.2) is 18.2 Å². The molecule has 1 aliphatic heterocycles.